The van der Waals surface area contributed by atoms with Crippen molar-refractivity contribution >= 4 is 11.7 Å². The zero-order valence-electron chi connectivity index (χ0n) is 9.28. The standard InChI is InChI=1S/C12H15NO2/c1-8-4-5-11-9(6-8)10(7-13(11)2)12(14)15-3/h4-6,10H,7H2,1-3H3. The summed E-state index contributed by atoms with van der Waals surface area (Å²) >= 11 is 0. The van der Waals surface area contributed by atoms with Gasteiger partial charge in [-0.05, 0) is 18.6 Å². The summed E-state index contributed by atoms with van der Waals surface area (Å²) in [7, 11) is 3.44. The van der Waals surface area contributed by atoms with Crippen LogP contribution in [0.3, 0.4) is 0 Å². The molecule has 1 heterocycles. The predicted molar refractivity (Wildman–Crippen MR) is 59.2 cm³/mol. The molecule has 1 atom stereocenters. The van der Waals surface area contributed by atoms with Gasteiger partial charge < -0.3 is 9.64 Å². The fourth-order valence-electron chi connectivity index (χ4n) is 2.11. The van der Waals surface area contributed by atoms with Crippen LogP contribution in [-0.4, -0.2) is 26.7 Å². The van der Waals surface area contributed by atoms with Crippen LogP contribution in [0.2, 0.25) is 0 Å². The maximum Gasteiger partial charge on any atom is 0.315 e. The molecule has 1 aromatic rings. The first-order chi connectivity index (χ1) is 7.13. The lowest BCUT2D eigenvalue weighted by Gasteiger charge is -2.11. The largest absolute Gasteiger partial charge is 0.468 e. The Morgan fingerprint density at radius 1 is 1.53 bits per heavy atom. The molecule has 0 fully saturated rings. The fraction of sp³-hybridized carbons (Fsp3) is 0.417. The van der Waals surface area contributed by atoms with Gasteiger partial charge in [0, 0.05) is 19.3 Å². The van der Waals surface area contributed by atoms with E-state index in [1.54, 1.807) is 0 Å². The van der Waals surface area contributed by atoms with Crippen LogP contribution in [0, 0.1) is 6.92 Å². The molecule has 1 aliphatic rings. The van der Waals surface area contributed by atoms with Gasteiger partial charge in [0.15, 0.2) is 0 Å². The third-order valence-corrected chi connectivity index (χ3v) is 2.91. The van der Waals surface area contributed by atoms with Crippen LogP contribution in [0.25, 0.3) is 0 Å². The number of methoxy groups -OCH3 is 1. The molecule has 1 unspecified atom stereocenters. The molecule has 0 N–H and O–H groups in total. The van der Waals surface area contributed by atoms with Crippen molar-refractivity contribution in [3.05, 3.63) is 29.3 Å². The molecule has 2 rings (SSSR count). The highest BCUT2D eigenvalue weighted by Crippen LogP contribution is 2.36. The van der Waals surface area contributed by atoms with Crippen molar-refractivity contribution in [3.63, 3.8) is 0 Å². The average Bonchev–Trinajstić information content (AvgIpc) is 2.54. The lowest BCUT2D eigenvalue weighted by atomic mass is 10.00. The summed E-state index contributed by atoms with van der Waals surface area (Å²) in [5.74, 6) is -0.277. The highest BCUT2D eigenvalue weighted by molar-refractivity contribution is 5.84. The second-order valence-corrected chi connectivity index (χ2v) is 4.02. The molecule has 3 heteroatoms. The first kappa shape index (κ1) is 10.0. The SMILES string of the molecule is COC(=O)C1CN(C)c2ccc(C)cc21. The number of carbonyl (C=O) groups is 1. The van der Waals surface area contributed by atoms with Crippen LogP contribution in [0.15, 0.2) is 18.2 Å². The number of esters is 1. The van der Waals surface area contributed by atoms with Gasteiger partial charge in [0.25, 0.3) is 0 Å². The topological polar surface area (TPSA) is 29.5 Å². The minimum atomic E-state index is -0.147. The molecule has 0 spiro atoms. The molecule has 0 bridgehead atoms. The Hall–Kier alpha value is -1.51. The van der Waals surface area contributed by atoms with Crippen molar-refractivity contribution in [2.75, 3.05) is 25.6 Å². The molecule has 0 aliphatic carbocycles. The molecular weight excluding hydrogens is 190 g/mol. The number of aryl methyl sites for hydroxylation is 1. The molecule has 0 aromatic heterocycles. The monoisotopic (exact) mass is 205 g/mol. The highest BCUT2D eigenvalue weighted by atomic mass is 16.5. The van der Waals surface area contributed by atoms with Crippen molar-refractivity contribution in [2.45, 2.75) is 12.8 Å². The van der Waals surface area contributed by atoms with Gasteiger partial charge in [-0.2, -0.15) is 0 Å². The van der Waals surface area contributed by atoms with E-state index < -0.39 is 0 Å². The van der Waals surface area contributed by atoms with Crippen molar-refractivity contribution in [1.82, 2.24) is 0 Å². The molecule has 0 radical (unpaired) electrons. The molecular formula is C12H15NO2. The number of rotatable bonds is 1. The van der Waals surface area contributed by atoms with Crippen LogP contribution >= 0.6 is 0 Å². The lowest BCUT2D eigenvalue weighted by molar-refractivity contribution is -0.142. The van der Waals surface area contributed by atoms with Crippen LogP contribution in [0.1, 0.15) is 17.0 Å². The van der Waals surface area contributed by atoms with Gasteiger partial charge in [-0.1, -0.05) is 17.7 Å². The number of carbonyl (C=O) groups excluding carboxylic acids is 1. The average molecular weight is 205 g/mol. The van der Waals surface area contributed by atoms with E-state index in [1.807, 2.05) is 14.0 Å². The second kappa shape index (κ2) is 3.57. The minimum Gasteiger partial charge on any atom is -0.468 e. The first-order valence-corrected chi connectivity index (χ1v) is 5.03. The van der Waals surface area contributed by atoms with Crippen molar-refractivity contribution in [1.29, 1.82) is 0 Å². The van der Waals surface area contributed by atoms with E-state index in [0.717, 1.165) is 11.3 Å². The number of nitrogens with zero attached hydrogens (tertiary/aromatic N) is 1. The normalized spacial score (nSPS) is 18.9. The highest BCUT2D eigenvalue weighted by Gasteiger charge is 2.32. The maximum absolute atomic E-state index is 11.6. The Morgan fingerprint density at radius 2 is 2.27 bits per heavy atom. The van der Waals surface area contributed by atoms with E-state index in [0.29, 0.717) is 6.54 Å². The minimum absolute atomic E-state index is 0.130. The van der Waals surface area contributed by atoms with E-state index in [4.69, 9.17) is 4.74 Å². The third-order valence-electron chi connectivity index (χ3n) is 2.91. The summed E-state index contributed by atoms with van der Waals surface area (Å²) < 4.78 is 4.81. The molecule has 3 nitrogen and oxygen atoms in total. The quantitative estimate of drug-likeness (QED) is 0.653. The number of fused-ring (bicyclic) bond motifs is 1. The van der Waals surface area contributed by atoms with Crippen molar-refractivity contribution in [2.24, 2.45) is 0 Å². The van der Waals surface area contributed by atoms with Crippen molar-refractivity contribution in [3.8, 4) is 0 Å². The van der Waals surface area contributed by atoms with Crippen LogP contribution < -0.4 is 4.90 Å². The summed E-state index contributed by atoms with van der Waals surface area (Å²) in [4.78, 5) is 13.7. The Morgan fingerprint density at radius 3 is 2.93 bits per heavy atom. The molecule has 0 saturated heterocycles. The Balaban J connectivity index is 2.44. The lowest BCUT2D eigenvalue weighted by Crippen LogP contribution is -2.21. The Kier molecular flexibility index (Phi) is 2.39. The molecule has 0 saturated carbocycles. The van der Waals surface area contributed by atoms with E-state index in [2.05, 4.69) is 23.1 Å². The van der Waals surface area contributed by atoms with Crippen LogP contribution in [-0.2, 0) is 9.53 Å². The number of hydrogen-bond donors (Lipinski definition) is 0. The van der Waals surface area contributed by atoms with Crippen LogP contribution in [0.4, 0.5) is 5.69 Å². The number of likely N-dealkylation sites (N-methyl/N-ethyl adjacent to an activating group) is 1. The number of anilines is 1. The molecule has 0 amide bonds. The van der Waals surface area contributed by atoms with E-state index in [1.165, 1.54) is 12.7 Å². The zero-order valence-corrected chi connectivity index (χ0v) is 9.28. The molecule has 1 aliphatic heterocycles. The number of hydrogen-bond acceptors (Lipinski definition) is 3. The maximum atomic E-state index is 11.6. The van der Waals surface area contributed by atoms with Gasteiger partial charge in [0.1, 0.15) is 5.92 Å². The van der Waals surface area contributed by atoms with Gasteiger partial charge in [-0.3, -0.25) is 4.79 Å². The Labute approximate surface area is 89.7 Å². The van der Waals surface area contributed by atoms with Gasteiger partial charge >= 0.3 is 5.97 Å². The summed E-state index contributed by atoms with van der Waals surface area (Å²) in [6, 6.07) is 6.20. The van der Waals surface area contributed by atoms with Gasteiger partial charge in [0.05, 0.1) is 7.11 Å². The van der Waals surface area contributed by atoms with Crippen LogP contribution in [0.5, 0.6) is 0 Å². The van der Waals surface area contributed by atoms with E-state index in [9.17, 15) is 4.79 Å². The summed E-state index contributed by atoms with van der Waals surface area (Å²) in [6.07, 6.45) is 0. The van der Waals surface area contributed by atoms with Gasteiger partial charge in [-0.15, -0.1) is 0 Å². The molecule has 80 valence electrons. The van der Waals surface area contributed by atoms with Crippen molar-refractivity contribution < 1.29 is 9.53 Å². The smallest absolute Gasteiger partial charge is 0.315 e. The van der Waals surface area contributed by atoms with Gasteiger partial charge in [0.2, 0.25) is 0 Å². The number of benzene rings is 1. The van der Waals surface area contributed by atoms with E-state index in [-0.39, 0.29) is 11.9 Å². The second-order valence-electron chi connectivity index (χ2n) is 4.02. The fourth-order valence-corrected chi connectivity index (χ4v) is 2.11. The van der Waals surface area contributed by atoms with Gasteiger partial charge in [-0.25, -0.2) is 0 Å². The first-order valence-electron chi connectivity index (χ1n) is 5.03. The predicted octanol–water partition coefficient (Wildman–Crippen LogP) is 1.70. The zero-order chi connectivity index (χ0) is 11.0. The third kappa shape index (κ3) is 1.58. The number of ether oxygens (including phenoxy) is 1. The summed E-state index contributed by atoms with van der Waals surface area (Å²) in [5, 5.41) is 0. The summed E-state index contributed by atoms with van der Waals surface area (Å²) in [6.45, 7) is 2.75. The summed E-state index contributed by atoms with van der Waals surface area (Å²) in [5.41, 5.74) is 3.40. The molecule has 15 heavy (non-hydrogen) atoms. The molecule has 1 aromatic carbocycles. The Bertz CT molecular complexity index is 401. The van der Waals surface area contributed by atoms with E-state index >= 15 is 0 Å².